The number of hydrogen-bond donors (Lipinski definition) is 0. The molecule has 0 aliphatic carbocycles. The first-order valence-corrected chi connectivity index (χ1v) is 4.86. The van der Waals surface area contributed by atoms with Gasteiger partial charge in [-0.15, -0.1) is 0 Å². The maximum Gasteiger partial charge on any atom is 0.471 e. The molecule has 0 aliphatic rings. The van der Waals surface area contributed by atoms with Gasteiger partial charge in [-0.1, -0.05) is 6.58 Å². The van der Waals surface area contributed by atoms with Gasteiger partial charge < -0.3 is 4.90 Å². The highest BCUT2D eigenvalue weighted by molar-refractivity contribution is 5.90. The van der Waals surface area contributed by atoms with Crippen molar-refractivity contribution >= 4 is 11.6 Å². The molecule has 0 aromatic carbocycles. The quantitative estimate of drug-likeness (QED) is 0.818. The second kappa shape index (κ2) is 4.99. The van der Waals surface area contributed by atoms with E-state index in [0.29, 0.717) is 10.5 Å². The lowest BCUT2D eigenvalue weighted by atomic mass is 10.2. The van der Waals surface area contributed by atoms with Crippen LogP contribution in [0.2, 0.25) is 0 Å². The van der Waals surface area contributed by atoms with Gasteiger partial charge in [-0.3, -0.25) is 9.78 Å². The first-order valence-electron chi connectivity index (χ1n) is 4.86. The van der Waals surface area contributed by atoms with Crippen molar-refractivity contribution in [1.29, 1.82) is 0 Å². The Labute approximate surface area is 96.6 Å². The summed E-state index contributed by atoms with van der Waals surface area (Å²) >= 11 is 0. The Morgan fingerprint density at radius 1 is 1.41 bits per heavy atom. The molecule has 0 N–H and O–H groups in total. The average Bonchev–Trinajstić information content (AvgIpc) is 2.29. The van der Waals surface area contributed by atoms with Crippen LogP contribution in [0.5, 0.6) is 0 Å². The van der Waals surface area contributed by atoms with E-state index >= 15 is 0 Å². The predicted molar refractivity (Wildman–Crippen MR) is 56.7 cm³/mol. The van der Waals surface area contributed by atoms with Crippen molar-refractivity contribution in [3.8, 4) is 0 Å². The lowest BCUT2D eigenvalue weighted by Crippen LogP contribution is -2.39. The molecule has 3 nitrogen and oxygen atoms in total. The number of carbonyl (C=O) groups is 1. The topological polar surface area (TPSA) is 33.2 Å². The van der Waals surface area contributed by atoms with Crippen LogP contribution in [0, 0.1) is 0 Å². The smallest absolute Gasteiger partial charge is 0.305 e. The SMILES string of the molecule is C=C(c1ccncc1)N(CC)C(=O)C(F)(F)F. The van der Waals surface area contributed by atoms with E-state index in [1.54, 1.807) is 0 Å². The molecule has 92 valence electrons. The number of halogens is 3. The van der Waals surface area contributed by atoms with E-state index in [1.807, 2.05) is 0 Å². The van der Waals surface area contributed by atoms with Gasteiger partial charge in [0.05, 0.1) is 0 Å². The van der Waals surface area contributed by atoms with Crippen molar-refractivity contribution in [2.45, 2.75) is 13.1 Å². The molecule has 0 fully saturated rings. The van der Waals surface area contributed by atoms with Crippen molar-refractivity contribution in [1.82, 2.24) is 9.88 Å². The molecule has 6 heteroatoms. The van der Waals surface area contributed by atoms with Crippen molar-refractivity contribution in [3.63, 3.8) is 0 Å². The molecular formula is C11H11F3N2O. The van der Waals surface area contributed by atoms with Gasteiger partial charge in [-0.05, 0) is 19.1 Å². The highest BCUT2D eigenvalue weighted by atomic mass is 19.4. The molecule has 1 aromatic heterocycles. The molecule has 17 heavy (non-hydrogen) atoms. The zero-order valence-corrected chi connectivity index (χ0v) is 9.16. The maximum absolute atomic E-state index is 12.3. The fourth-order valence-corrected chi connectivity index (χ4v) is 1.31. The Bertz CT molecular complexity index is 414. The number of aromatic nitrogens is 1. The number of carbonyl (C=O) groups excluding carboxylic acids is 1. The summed E-state index contributed by atoms with van der Waals surface area (Å²) in [5, 5.41) is 0. The van der Waals surface area contributed by atoms with Crippen molar-refractivity contribution in [3.05, 3.63) is 36.7 Å². The van der Waals surface area contributed by atoms with E-state index in [0.717, 1.165) is 0 Å². The van der Waals surface area contributed by atoms with Gasteiger partial charge >= 0.3 is 12.1 Å². The van der Waals surface area contributed by atoms with Gasteiger partial charge in [0.1, 0.15) is 0 Å². The number of alkyl halides is 3. The van der Waals surface area contributed by atoms with Crippen LogP contribution in [-0.2, 0) is 4.79 Å². The molecule has 1 amide bonds. The Morgan fingerprint density at radius 3 is 2.35 bits per heavy atom. The van der Waals surface area contributed by atoms with Gasteiger partial charge in [-0.2, -0.15) is 13.2 Å². The number of amides is 1. The fourth-order valence-electron chi connectivity index (χ4n) is 1.31. The van der Waals surface area contributed by atoms with Crippen LogP contribution in [0.3, 0.4) is 0 Å². The van der Waals surface area contributed by atoms with Crippen LogP contribution in [0.15, 0.2) is 31.1 Å². The molecular weight excluding hydrogens is 233 g/mol. The largest absolute Gasteiger partial charge is 0.471 e. The van der Waals surface area contributed by atoms with Crippen LogP contribution < -0.4 is 0 Å². The highest BCUT2D eigenvalue weighted by Crippen LogP contribution is 2.24. The number of rotatable bonds is 3. The minimum Gasteiger partial charge on any atom is -0.305 e. The summed E-state index contributed by atoms with van der Waals surface area (Å²) in [5.74, 6) is -1.91. The third-order valence-electron chi connectivity index (χ3n) is 2.14. The molecule has 1 aromatic rings. The minimum absolute atomic E-state index is 0.0113. The second-order valence-electron chi connectivity index (χ2n) is 3.23. The van der Waals surface area contributed by atoms with E-state index in [2.05, 4.69) is 11.6 Å². The molecule has 0 saturated heterocycles. The van der Waals surface area contributed by atoms with Gasteiger partial charge in [0.15, 0.2) is 0 Å². The molecule has 1 heterocycles. The second-order valence-corrected chi connectivity index (χ2v) is 3.23. The molecule has 0 atom stereocenters. The number of nitrogens with zero attached hydrogens (tertiary/aromatic N) is 2. The third-order valence-corrected chi connectivity index (χ3v) is 2.14. The van der Waals surface area contributed by atoms with Crippen molar-refractivity contribution in [2.24, 2.45) is 0 Å². The third kappa shape index (κ3) is 3.05. The average molecular weight is 244 g/mol. The van der Waals surface area contributed by atoms with Crippen LogP contribution >= 0.6 is 0 Å². The number of hydrogen-bond acceptors (Lipinski definition) is 2. The van der Waals surface area contributed by atoms with Crippen molar-refractivity contribution < 1.29 is 18.0 Å². The van der Waals surface area contributed by atoms with Crippen LogP contribution in [0.1, 0.15) is 12.5 Å². The van der Waals surface area contributed by atoms with Gasteiger partial charge in [0, 0.05) is 30.2 Å². The zero-order valence-electron chi connectivity index (χ0n) is 9.16. The lowest BCUT2D eigenvalue weighted by Gasteiger charge is -2.24. The Morgan fingerprint density at radius 2 is 1.94 bits per heavy atom. The first kappa shape index (κ1) is 13.2. The van der Waals surface area contributed by atoms with Gasteiger partial charge in [0.2, 0.25) is 0 Å². The minimum atomic E-state index is -4.90. The van der Waals surface area contributed by atoms with E-state index in [1.165, 1.54) is 31.5 Å². The standard InChI is InChI=1S/C11H11F3N2O/c1-3-16(10(17)11(12,13)14)8(2)9-4-6-15-7-5-9/h4-7H,2-3H2,1H3. The van der Waals surface area contributed by atoms with Crippen LogP contribution in [0.4, 0.5) is 13.2 Å². The highest BCUT2D eigenvalue weighted by Gasteiger charge is 2.42. The van der Waals surface area contributed by atoms with E-state index in [9.17, 15) is 18.0 Å². The number of pyridine rings is 1. The Balaban J connectivity index is 2.97. The van der Waals surface area contributed by atoms with Crippen molar-refractivity contribution in [2.75, 3.05) is 6.54 Å². The lowest BCUT2D eigenvalue weighted by molar-refractivity contribution is -0.181. The van der Waals surface area contributed by atoms with Crippen LogP contribution in [-0.4, -0.2) is 28.5 Å². The summed E-state index contributed by atoms with van der Waals surface area (Å²) in [7, 11) is 0. The normalized spacial score (nSPS) is 11.1. The van der Waals surface area contributed by atoms with Gasteiger partial charge in [0.25, 0.3) is 0 Å². The summed E-state index contributed by atoms with van der Waals surface area (Å²) in [6.07, 6.45) is -2.05. The summed E-state index contributed by atoms with van der Waals surface area (Å²) in [4.78, 5) is 15.5. The van der Waals surface area contributed by atoms with Gasteiger partial charge in [-0.25, -0.2) is 0 Å². The summed E-state index contributed by atoms with van der Waals surface area (Å²) in [5.41, 5.74) is 0.441. The predicted octanol–water partition coefficient (Wildman–Crippen LogP) is 2.46. The first-order chi connectivity index (χ1) is 7.88. The maximum atomic E-state index is 12.3. The van der Waals surface area contributed by atoms with E-state index in [-0.39, 0.29) is 12.2 Å². The molecule has 0 saturated carbocycles. The van der Waals surface area contributed by atoms with E-state index < -0.39 is 12.1 Å². The summed E-state index contributed by atoms with van der Waals surface area (Å²) in [6, 6.07) is 2.99. The Kier molecular flexibility index (Phi) is 3.88. The summed E-state index contributed by atoms with van der Waals surface area (Å²) in [6.45, 7) is 4.86. The molecule has 0 aliphatic heterocycles. The zero-order chi connectivity index (χ0) is 13.1. The monoisotopic (exact) mass is 244 g/mol. The van der Waals surface area contributed by atoms with Crippen LogP contribution in [0.25, 0.3) is 5.70 Å². The van der Waals surface area contributed by atoms with E-state index in [4.69, 9.17) is 0 Å². The molecule has 1 rings (SSSR count). The molecule has 0 spiro atoms. The summed E-state index contributed by atoms with van der Waals surface area (Å²) < 4.78 is 37.0. The fraction of sp³-hybridized carbons (Fsp3) is 0.273. The molecule has 0 radical (unpaired) electrons. The Hall–Kier alpha value is -1.85. The molecule has 0 unspecified atom stereocenters. The molecule has 0 bridgehead atoms.